The standard InChI is InChI=1S/C13H26O/c1-4-13(9-5-6-10-13)12(14)8-7-11(2)3/h11-12,14H,4-10H2,1-3H3. The number of hydrogen-bond acceptors (Lipinski definition) is 1. The van der Waals surface area contributed by atoms with Crippen LogP contribution in [0.3, 0.4) is 0 Å². The predicted molar refractivity (Wildman–Crippen MR) is 61.3 cm³/mol. The molecule has 1 fully saturated rings. The molecule has 0 aliphatic heterocycles. The molecule has 0 aromatic carbocycles. The maximum absolute atomic E-state index is 10.2. The van der Waals surface area contributed by atoms with Gasteiger partial charge in [-0.2, -0.15) is 0 Å². The van der Waals surface area contributed by atoms with E-state index >= 15 is 0 Å². The van der Waals surface area contributed by atoms with Gasteiger partial charge in [-0.05, 0) is 43.4 Å². The van der Waals surface area contributed by atoms with Crippen LogP contribution in [0.2, 0.25) is 0 Å². The quantitative estimate of drug-likeness (QED) is 0.713. The van der Waals surface area contributed by atoms with E-state index in [4.69, 9.17) is 0 Å². The summed E-state index contributed by atoms with van der Waals surface area (Å²) in [4.78, 5) is 0. The molecule has 1 N–H and O–H groups in total. The van der Waals surface area contributed by atoms with Crippen LogP contribution in [-0.2, 0) is 0 Å². The zero-order chi connectivity index (χ0) is 10.6. The van der Waals surface area contributed by atoms with Crippen molar-refractivity contribution in [3.05, 3.63) is 0 Å². The predicted octanol–water partition coefficient (Wildman–Crippen LogP) is 3.75. The summed E-state index contributed by atoms with van der Waals surface area (Å²) in [5.74, 6) is 0.722. The molecule has 1 aliphatic carbocycles. The van der Waals surface area contributed by atoms with E-state index in [0.717, 1.165) is 18.8 Å². The van der Waals surface area contributed by atoms with Gasteiger partial charge in [0.25, 0.3) is 0 Å². The highest BCUT2D eigenvalue weighted by molar-refractivity contribution is 4.89. The largest absolute Gasteiger partial charge is 0.393 e. The van der Waals surface area contributed by atoms with Crippen molar-refractivity contribution in [3.63, 3.8) is 0 Å². The molecule has 0 spiro atoms. The van der Waals surface area contributed by atoms with Crippen molar-refractivity contribution >= 4 is 0 Å². The Hall–Kier alpha value is -0.0400. The molecule has 1 unspecified atom stereocenters. The first-order chi connectivity index (χ1) is 6.60. The number of rotatable bonds is 5. The molecule has 0 aromatic rings. The Kier molecular flexibility index (Phi) is 4.43. The zero-order valence-corrected chi connectivity index (χ0v) is 10.1. The second-order valence-electron chi connectivity index (χ2n) is 5.41. The van der Waals surface area contributed by atoms with Crippen molar-refractivity contribution < 1.29 is 5.11 Å². The highest BCUT2D eigenvalue weighted by atomic mass is 16.3. The molecule has 0 radical (unpaired) electrons. The van der Waals surface area contributed by atoms with Crippen LogP contribution in [0, 0.1) is 11.3 Å². The third-order valence-corrected chi connectivity index (χ3v) is 4.03. The fraction of sp³-hybridized carbons (Fsp3) is 1.00. The van der Waals surface area contributed by atoms with Crippen LogP contribution in [0.25, 0.3) is 0 Å². The van der Waals surface area contributed by atoms with Crippen molar-refractivity contribution in [2.45, 2.75) is 71.8 Å². The Morgan fingerprint density at radius 2 is 1.71 bits per heavy atom. The minimum Gasteiger partial charge on any atom is -0.393 e. The lowest BCUT2D eigenvalue weighted by Gasteiger charge is -2.33. The van der Waals surface area contributed by atoms with E-state index in [-0.39, 0.29) is 11.5 Å². The smallest absolute Gasteiger partial charge is 0.0596 e. The molecular formula is C13H26O. The van der Waals surface area contributed by atoms with Crippen LogP contribution >= 0.6 is 0 Å². The van der Waals surface area contributed by atoms with Crippen molar-refractivity contribution in [2.24, 2.45) is 11.3 Å². The number of aliphatic hydroxyl groups is 1. The van der Waals surface area contributed by atoms with Gasteiger partial charge >= 0.3 is 0 Å². The summed E-state index contributed by atoms with van der Waals surface area (Å²) < 4.78 is 0. The average molecular weight is 198 g/mol. The third kappa shape index (κ3) is 2.73. The van der Waals surface area contributed by atoms with Crippen LogP contribution in [-0.4, -0.2) is 11.2 Å². The van der Waals surface area contributed by atoms with Gasteiger partial charge in [-0.3, -0.25) is 0 Å². The normalized spacial score (nSPS) is 22.9. The van der Waals surface area contributed by atoms with Gasteiger partial charge in [0.2, 0.25) is 0 Å². The summed E-state index contributed by atoms with van der Waals surface area (Å²) in [6, 6.07) is 0. The lowest BCUT2D eigenvalue weighted by Crippen LogP contribution is -2.32. The zero-order valence-electron chi connectivity index (χ0n) is 10.1. The van der Waals surface area contributed by atoms with Gasteiger partial charge in [-0.15, -0.1) is 0 Å². The topological polar surface area (TPSA) is 20.2 Å². The van der Waals surface area contributed by atoms with Gasteiger partial charge in [0.1, 0.15) is 0 Å². The van der Waals surface area contributed by atoms with Crippen molar-refractivity contribution in [3.8, 4) is 0 Å². The van der Waals surface area contributed by atoms with E-state index in [1.807, 2.05) is 0 Å². The third-order valence-electron chi connectivity index (χ3n) is 4.03. The minimum absolute atomic E-state index is 0.0441. The molecule has 1 atom stereocenters. The fourth-order valence-electron chi connectivity index (χ4n) is 2.80. The Morgan fingerprint density at radius 3 is 2.14 bits per heavy atom. The van der Waals surface area contributed by atoms with Crippen molar-refractivity contribution in [1.29, 1.82) is 0 Å². The van der Waals surface area contributed by atoms with Crippen molar-refractivity contribution in [1.82, 2.24) is 0 Å². The maximum Gasteiger partial charge on any atom is 0.0596 e. The Balaban J connectivity index is 2.43. The van der Waals surface area contributed by atoms with Gasteiger partial charge in [0.15, 0.2) is 0 Å². The lowest BCUT2D eigenvalue weighted by atomic mass is 9.76. The average Bonchev–Trinajstić information content (AvgIpc) is 2.63. The second-order valence-corrected chi connectivity index (χ2v) is 5.41. The van der Waals surface area contributed by atoms with Crippen LogP contribution < -0.4 is 0 Å². The van der Waals surface area contributed by atoms with Gasteiger partial charge in [-0.25, -0.2) is 0 Å². The molecule has 1 saturated carbocycles. The molecule has 1 aliphatic rings. The van der Waals surface area contributed by atoms with Gasteiger partial charge in [-0.1, -0.05) is 33.6 Å². The van der Waals surface area contributed by atoms with Crippen LogP contribution in [0.4, 0.5) is 0 Å². The summed E-state index contributed by atoms with van der Waals surface area (Å²) in [6.45, 7) is 6.71. The summed E-state index contributed by atoms with van der Waals surface area (Å²) in [6.07, 6.45) is 8.45. The molecule has 84 valence electrons. The Morgan fingerprint density at radius 1 is 1.14 bits per heavy atom. The van der Waals surface area contributed by atoms with E-state index < -0.39 is 0 Å². The summed E-state index contributed by atoms with van der Waals surface area (Å²) in [5, 5.41) is 10.2. The Bertz CT molecular complexity index is 157. The van der Waals surface area contributed by atoms with Crippen LogP contribution in [0.15, 0.2) is 0 Å². The highest BCUT2D eigenvalue weighted by Gasteiger charge is 2.38. The summed E-state index contributed by atoms with van der Waals surface area (Å²) in [7, 11) is 0. The Labute approximate surface area is 88.9 Å². The molecule has 1 heteroatoms. The molecule has 0 heterocycles. The lowest BCUT2D eigenvalue weighted by molar-refractivity contribution is 0.0153. The first kappa shape index (κ1) is 12.0. The molecule has 0 bridgehead atoms. The summed E-state index contributed by atoms with van der Waals surface area (Å²) in [5.41, 5.74) is 0.287. The first-order valence-corrected chi connectivity index (χ1v) is 6.29. The maximum atomic E-state index is 10.2. The molecule has 14 heavy (non-hydrogen) atoms. The van der Waals surface area contributed by atoms with E-state index in [1.54, 1.807) is 0 Å². The highest BCUT2D eigenvalue weighted by Crippen LogP contribution is 2.45. The fourth-order valence-corrected chi connectivity index (χ4v) is 2.80. The van der Waals surface area contributed by atoms with Crippen LogP contribution in [0.1, 0.15) is 65.7 Å². The van der Waals surface area contributed by atoms with Gasteiger partial charge in [0, 0.05) is 0 Å². The van der Waals surface area contributed by atoms with E-state index in [1.165, 1.54) is 32.1 Å². The first-order valence-electron chi connectivity index (χ1n) is 6.29. The summed E-state index contributed by atoms with van der Waals surface area (Å²) >= 11 is 0. The molecule has 1 rings (SSSR count). The van der Waals surface area contributed by atoms with E-state index in [2.05, 4.69) is 20.8 Å². The molecular weight excluding hydrogens is 172 g/mol. The number of aliphatic hydroxyl groups excluding tert-OH is 1. The molecule has 0 amide bonds. The monoisotopic (exact) mass is 198 g/mol. The molecule has 1 nitrogen and oxygen atoms in total. The minimum atomic E-state index is -0.0441. The van der Waals surface area contributed by atoms with Gasteiger partial charge < -0.3 is 5.11 Å². The van der Waals surface area contributed by atoms with E-state index in [0.29, 0.717) is 0 Å². The SMILES string of the molecule is CCC1(C(O)CCC(C)C)CCCC1. The molecule has 0 aromatic heterocycles. The molecule has 0 saturated heterocycles. The second kappa shape index (κ2) is 5.16. The number of hydrogen-bond donors (Lipinski definition) is 1. The van der Waals surface area contributed by atoms with E-state index in [9.17, 15) is 5.11 Å². The van der Waals surface area contributed by atoms with Crippen molar-refractivity contribution in [2.75, 3.05) is 0 Å². The van der Waals surface area contributed by atoms with Crippen LogP contribution in [0.5, 0.6) is 0 Å². The van der Waals surface area contributed by atoms with Gasteiger partial charge in [0.05, 0.1) is 6.10 Å².